The molecular formula is C21H28ClN. The Bertz CT molecular complexity index is 566. The van der Waals surface area contributed by atoms with Gasteiger partial charge in [0.15, 0.2) is 0 Å². The summed E-state index contributed by atoms with van der Waals surface area (Å²) < 4.78 is 0. The van der Waals surface area contributed by atoms with E-state index in [1.54, 1.807) is 0 Å². The summed E-state index contributed by atoms with van der Waals surface area (Å²) in [5, 5.41) is 0.892. The maximum absolute atomic E-state index is 6.28. The second kappa shape index (κ2) is 7.68. The molecule has 3 aliphatic rings. The van der Waals surface area contributed by atoms with Gasteiger partial charge in [-0.25, -0.2) is 0 Å². The van der Waals surface area contributed by atoms with E-state index < -0.39 is 0 Å². The first-order valence-electron chi connectivity index (χ1n) is 9.03. The first kappa shape index (κ1) is 16.8. The lowest BCUT2D eigenvalue weighted by Crippen LogP contribution is -2.52. The van der Waals surface area contributed by atoms with Crippen LogP contribution >= 0.6 is 11.6 Å². The minimum atomic E-state index is 0.440. The lowest BCUT2D eigenvalue weighted by atomic mass is 9.85. The van der Waals surface area contributed by atoms with Gasteiger partial charge in [0.25, 0.3) is 0 Å². The van der Waals surface area contributed by atoms with Crippen molar-refractivity contribution in [2.45, 2.75) is 64.1 Å². The molecule has 0 spiro atoms. The maximum Gasteiger partial charge on any atom is 0.0367 e. The van der Waals surface area contributed by atoms with Crippen LogP contribution in [0.3, 0.4) is 0 Å². The van der Waals surface area contributed by atoms with E-state index in [2.05, 4.69) is 67.4 Å². The van der Waals surface area contributed by atoms with Gasteiger partial charge in [0.1, 0.15) is 0 Å². The fourth-order valence-electron chi connectivity index (χ4n) is 4.16. The van der Waals surface area contributed by atoms with Crippen molar-refractivity contribution in [1.29, 1.82) is 0 Å². The van der Waals surface area contributed by atoms with Crippen LogP contribution in [-0.2, 0) is 0 Å². The van der Waals surface area contributed by atoms with Gasteiger partial charge in [0, 0.05) is 23.2 Å². The first-order valence-corrected chi connectivity index (χ1v) is 9.41. The Morgan fingerprint density at radius 3 is 2.83 bits per heavy atom. The van der Waals surface area contributed by atoms with Crippen molar-refractivity contribution in [3.8, 4) is 0 Å². The van der Waals surface area contributed by atoms with E-state index in [0.29, 0.717) is 24.0 Å². The predicted molar refractivity (Wildman–Crippen MR) is 101 cm³/mol. The van der Waals surface area contributed by atoms with Crippen molar-refractivity contribution >= 4 is 11.6 Å². The first-order chi connectivity index (χ1) is 11.2. The standard InChI is InChI=1S/C21H28ClN/c1-3-17-15-18(22)13-14-21(17)23(19-10-5-4-6-11-19)20-12-8-7-9-16(20)2/h5,7-10,13-15,17,19-21H,3-4,6,11-12H2,1-2H3. The zero-order valence-corrected chi connectivity index (χ0v) is 15.0. The van der Waals surface area contributed by atoms with E-state index >= 15 is 0 Å². The van der Waals surface area contributed by atoms with Crippen LogP contribution in [0.5, 0.6) is 0 Å². The zero-order chi connectivity index (χ0) is 16.2. The van der Waals surface area contributed by atoms with Crippen LogP contribution in [0.2, 0.25) is 0 Å². The SMILES string of the molecule is CCC1C=C(Cl)C=CC1N(C1C=CCCC1)C1CC=CC=C1C. The number of rotatable bonds is 4. The Labute approximate surface area is 146 Å². The van der Waals surface area contributed by atoms with Crippen LogP contribution in [0.15, 0.2) is 59.2 Å². The highest BCUT2D eigenvalue weighted by Crippen LogP contribution is 2.34. The van der Waals surface area contributed by atoms with E-state index in [1.165, 1.54) is 24.8 Å². The van der Waals surface area contributed by atoms with Crippen molar-refractivity contribution in [2.75, 3.05) is 0 Å². The van der Waals surface area contributed by atoms with E-state index in [4.69, 9.17) is 11.6 Å². The smallest absolute Gasteiger partial charge is 0.0367 e. The van der Waals surface area contributed by atoms with E-state index in [0.717, 1.165) is 17.9 Å². The van der Waals surface area contributed by atoms with Gasteiger partial charge in [-0.05, 0) is 51.0 Å². The summed E-state index contributed by atoms with van der Waals surface area (Å²) in [5.74, 6) is 0.501. The topological polar surface area (TPSA) is 3.24 Å². The third-order valence-corrected chi connectivity index (χ3v) is 5.68. The molecule has 4 unspecified atom stereocenters. The Balaban J connectivity index is 1.93. The number of hydrogen-bond donors (Lipinski definition) is 0. The monoisotopic (exact) mass is 329 g/mol. The molecule has 0 aromatic rings. The maximum atomic E-state index is 6.28. The second-order valence-corrected chi connectivity index (χ2v) is 7.37. The highest BCUT2D eigenvalue weighted by Gasteiger charge is 2.35. The minimum absolute atomic E-state index is 0.440. The van der Waals surface area contributed by atoms with Crippen LogP contribution < -0.4 is 0 Å². The second-order valence-electron chi connectivity index (χ2n) is 6.94. The average Bonchev–Trinajstić information content (AvgIpc) is 2.59. The van der Waals surface area contributed by atoms with Crippen molar-refractivity contribution < 1.29 is 0 Å². The molecule has 0 N–H and O–H groups in total. The van der Waals surface area contributed by atoms with E-state index in [1.807, 2.05) is 0 Å². The summed E-state index contributed by atoms with van der Waals surface area (Å²) in [4.78, 5) is 2.76. The lowest BCUT2D eigenvalue weighted by Gasteiger charge is -2.46. The molecule has 0 amide bonds. The fraction of sp³-hybridized carbons (Fsp3) is 0.524. The van der Waals surface area contributed by atoms with E-state index in [9.17, 15) is 0 Å². The normalized spacial score (nSPS) is 33.7. The van der Waals surface area contributed by atoms with Crippen molar-refractivity contribution in [3.63, 3.8) is 0 Å². The molecule has 0 aromatic carbocycles. The number of nitrogens with zero attached hydrogens (tertiary/aromatic N) is 1. The van der Waals surface area contributed by atoms with Gasteiger partial charge in [0.05, 0.1) is 0 Å². The Hall–Kier alpha value is -1.05. The minimum Gasteiger partial charge on any atom is -0.283 e. The largest absolute Gasteiger partial charge is 0.283 e. The molecule has 4 atom stereocenters. The number of hydrogen-bond acceptors (Lipinski definition) is 1. The Morgan fingerprint density at radius 1 is 1.26 bits per heavy atom. The average molecular weight is 330 g/mol. The molecule has 2 heteroatoms. The molecule has 0 aromatic heterocycles. The molecule has 124 valence electrons. The van der Waals surface area contributed by atoms with Crippen molar-refractivity contribution in [1.82, 2.24) is 4.90 Å². The predicted octanol–water partition coefficient (Wildman–Crippen LogP) is 5.76. The summed E-state index contributed by atoms with van der Waals surface area (Å²) in [6.45, 7) is 4.56. The molecule has 0 radical (unpaired) electrons. The molecule has 0 fully saturated rings. The molecule has 0 saturated carbocycles. The number of halogens is 1. The van der Waals surface area contributed by atoms with Crippen LogP contribution in [-0.4, -0.2) is 23.0 Å². The summed E-state index contributed by atoms with van der Waals surface area (Å²) in [6, 6.07) is 1.48. The highest BCUT2D eigenvalue weighted by molar-refractivity contribution is 6.31. The molecular weight excluding hydrogens is 302 g/mol. The summed E-state index contributed by atoms with van der Waals surface area (Å²) >= 11 is 6.28. The van der Waals surface area contributed by atoms with Gasteiger partial charge in [-0.3, -0.25) is 4.90 Å². The van der Waals surface area contributed by atoms with Crippen LogP contribution in [0.4, 0.5) is 0 Å². The van der Waals surface area contributed by atoms with Crippen LogP contribution in [0.25, 0.3) is 0 Å². The van der Waals surface area contributed by atoms with Gasteiger partial charge >= 0.3 is 0 Å². The Morgan fingerprint density at radius 2 is 2.13 bits per heavy atom. The highest BCUT2D eigenvalue weighted by atomic mass is 35.5. The molecule has 1 nitrogen and oxygen atoms in total. The quantitative estimate of drug-likeness (QED) is 0.593. The van der Waals surface area contributed by atoms with Gasteiger partial charge in [-0.15, -0.1) is 0 Å². The fourth-order valence-corrected chi connectivity index (χ4v) is 4.39. The lowest BCUT2D eigenvalue weighted by molar-refractivity contribution is 0.108. The summed E-state index contributed by atoms with van der Waals surface area (Å²) in [6.07, 6.45) is 24.3. The molecule has 3 aliphatic carbocycles. The van der Waals surface area contributed by atoms with Gasteiger partial charge in [0.2, 0.25) is 0 Å². The summed E-state index contributed by atoms with van der Waals surface area (Å²) in [7, 11) is 0. The van der Waals surface area contributed by atoms with E-state index in [-0.39, 0.29) is 0 Å². The zero-order valence-electron chi connectivity index (χ0n) is 14.3. The number of allylic oxidation sites excluding steroid dienone is 5. The summed E-state index contributed by atoms with van der Waals surface area (Å²) in [5.41, 5.74) is 1.48. The van der Waals surface area contributed by atoms with Crippen LogP contribution in [0, 0.1) is 5.92 Å². The third kappa shape index (κ3) is 3.72. The Kier molecular flexibility index (Phi) is 5.61. The molecule has 3 rings (SSSR count). The van der Waals surface area contributed by atoms with Gasteiger partial charge in [-0.2, -0.15) is 0 Å². The van der Waals surface area contributed by atoms with Gasteiger partial charge < -0.3 is 0 Å². The molecule has 0 aliphatic heterocycles. The molecule has 0 bridgehead atoms. The third-order valence-electron chi connectivity index (χ3n) is 5.43. The molecule has 0 heterocycles. The molecule has 23 heavy (non-hydrogen) atoms. The molecule has 0 saturated heterocycles. The van der Waals surface area contributed by atoms with Crippen molar-refractivity contribution in [3.05, 3.63) is 59.2 Å². The van der Waals surface area contributed by atoms with Gasteiger partial charge in [-0.1, -0.05) is 66.6 Å². The van der Waals surface area contributed by atoms with Crippen LogP contribution in [0.1, 0.15) is 46.0 Å². The van der Waals surface area contributed by atoms with Crippen molar-refractivity contribution in [2.24, 2.45) is 5.92 Å².